The molecule has 3 atom stereocenters. The first-order chi connectivity index (χ1) is 66.7. The minimum Gasteiger partial charge on any atom is -0.479 e. The molecule has 8 bridgehead atoms. The Morgan fingerprint density at radius 3 is 0.939 bits per heavy atom. The van der Waals surface area contributed by atoms with E-state index in [2.05, 4.69) is 96.1 Å². The van der Waals surface area contributed by atoms with Gasteiger partial charge in [0.1, 0.15) is 23.7 Å². The molecule has 0 aliphatic carbocycles. The topological polar surface area (TPSA) is 373 Å². The van der Waals surface area contributed by atoms with Crippen molar-refractivity contribution in [1.82, 2.24) is 55.8 Å². The van der Waals surface area contributed by atoms with E-state index in [0.29, 0.717) is 12.1 Å². The van der Waals surface area contributed by atoms with Crippen molar-refractivity contribution >= 4 is 73.7 Å². The maximum atomic E-state index is 14.9. The SMILES string of the molecule is CC(C)[C@H](NC(=O)[C@H](CCC(=O)OC(C)(C)C)NC(=O)CCCCC#Cc1ccc2c(c1)-c1nc-2nc2[n-]c(nc3nc(nc4[n-]c(n1)c1c(OCC(F)(F)F)c(OCC(F)(F)F)c(OCC(F)(F)F)c(OCC(F)(F)F)c41)-c1c(OCC(F)(F)F)c(OCC(F)(F)F)c(OCC(F)(F)F)c(OCC(F)(F)F)c1-3)c1c(OCC(F)(F)F)c(OCC(F)(F)F)c(OCC(F)(F)F)c(OCC(F)(F)F)c21)C(=O)N[C@@H](C)C(N)=O.[Zn+2]. The molecule has 147 heavy (non-hydrogen) atoms. The van der Waals surface area contributed by atoms with Crippen molar-refractivity contribution in [2.45, 2.75) is 178 Å². The number of nitrogens with zero attached hydrogens (tertiary/aromatic N) is 8. The second-order valence-electron chi connectivity index (χ2n) is 31.9. The zero-order valence-corrected chi connectivity index (χ0v) is 77.6. The number of amides is 4. The predicted molar refractivity (Wildman–Crippen MR) is 419 cm³/mol. The number of benzene rings is 4. The van der Waals surface area contributed by atoms with Crippen LogP contribution in [0.25, 0.3) is 89.7 Å². The van der Waals surface area contributed by atoms with E-state index in [4.69, 9.17) is 38.9 Å². The Bertz CT molecular complexity index is 6210. The van der Waals surface area contributed by atoms with Crippen LogP contribution in [-0.2, 0) is 48.2 Å². The summed E-state index contributed by atoms with van der Waals surface area (Å²) in [6.07, 6.45) is -75.1. The van der Waals surface area contributed by atoms with Gasteiger partial charge in [0, 0.05) is 80.1 Å². The van der Waals surface area contributed by atoms with Crippen molar-refractivity contribution < 1.29 is 263 Å². The van der Waals surface area contributed by atoms with Crippen molar-refractivity contribution in [2.24, 2.45) is 11.7 Å². The summed E-state index contributed by atoms with van der Waals surface area (Å²) in [5.74, 6) is -38.0. The first-order valence-electron chi connectivity index (χ1n) is 40.5. The molecule has 7 aromatic rings. The number of nitrogens with two attached hydrogens (primary N) is 1. The number of ether oxygens (including phenoxy) is 13. The molecular weight excluding hydrogens is 2170 g/mol. The molecule has 3 aromatic heterocycles. The molecule has 5 heterocycles. The molecule has 5 N–H and O–H groups in total. The van der Waals surface area contributed by atoms with E-state index in [9.17, 15) is 182 Å². The molecule has 67 heteroatoms. The Labute approximate surface area is 809 Å². The largest absolute Gasteiger partial charge is 2.00 e. The van der Waals surface area contributed by atoms with Crippen molar-refractivity contribution in [3.63, 3.8) is 0 Å². The third kappa shape index (κ3) is 35.0. The predicted octanol–water partition coefficient (Wildman–Crippen LogP) is 18.1. The number of esters is 1. The first-order valence-corrected chi connectivity index (χ1v) is 40.5. The van der Waals surface area contributed by atoms with E-state index in [-0.39, 0.29) is 32.3 Å². The zero-order valence-electron chi connectivity index (χ0n) is 74.6. The molecule has 4 amide bonds. The fraction of sp³-hybridized carbons (Fsp3) is 0.512. The van der Waals surface area contributed by atoms with Gasteiger partial charge in [-0.3, -0.25) is 24.0 Å². The molecule has 9 rings (SSSR count). The van der Waals surface area contributed by atoms with Gasteiger partial charge < -0.3 is 113 Å². The Morgan fingerprint density at radius 2 is 0.639 bits per heavy atom. The summed E-state index contributed by atoms with van der Waals surface area (Å²) in [5.41, 5.74) is -11.1. The minimum absolute atomic E-state index is 0. The molecule has 4 aromatic carbocycles. The number of aromatic nitrogens is 8. The van der Waals surface area contributed by atoms with Crippen LogP contribution < -0.4 is 88.5 Å². The molecule has 0 saturated heterocycles. The number of primary amides is 1. The van der Waals surface area contributed by atoms with E-state index in [1.54, 1.807) is 0 Å². The van der Waals surface area contributed by atoms with Crippen LogP contribution in [0.1, 0.15) is 85.6 Å². The van der Waals surface area contributed by atoms with E-state index in [1.165, 1.54) is 41.5 Å². The van der Waals surface area contributed by atoms with Crippen molar-refractivity contribution in [2.75, 3.05) is 79.3 Å². The van der Waals surface area contributed by atoms with Crippen LogP contribution in [0, 0.1) is 17.8 Å². The van der Waals surface area contributed by atoms with Gasteiger partial charge in [0.25, 0.3) is 0 Å². The Morgan fingerprint density at radius 1 is 0.354 bits per heavy atom. The van der Waals surface area contributed by atoms with Gasteiger partial charge in [-0.05, 0) is 65.0 Å². The van der Waals surface area contributed by atoms with Crippen molar-refractivity contribution in [3.8, 4) is 126 Å². The van der Waals surface area contributed by atoms with Crippen molar-refractivity contribution in [1.29, 1.82) is 0 Å². The van der Waals surface area contributed by atoms with Gasteiger partial charge in [0.2, 0.25) is 58.1 Å². The summed E-state index contributed by atoms with van der Waals surface area (Å²) in [6.45, 7) is -29.2. The summed E-state index contributed by atoms with van der Waals surface area (Å²) in [7, 11) is 0. The number of rotatable bonds is 38. The molecule has 0 unspecified atom stereocenters. The second-order valence-corrected chi connectivity index (χ2v) is 31.9. The number of carbonyl (C=O) groups excluding carboxylic acids is 5. The molecule has 30 nitrogen and oxygen atoms in total. The van der Waals surface area contributed by atoms with Crippen LogP contribution in [0.15, 0.2) is 18.2 Å². The maximum Gasteiger partial charge on any atom is 2.00 e. The average Bonchev–Trinajstić information content (AvgIpc) is 1.56. The standard InChI is InChI=1S/C80H68F36N12O18.Zn/c1-30(2)44(67(133)118-31(3)57(117)131)120-66(132)35(15-16-37(130)146-68(4,5)6)119-36(129)12-10-8-7-9-11-32-13-14-33-34(17-32)59-121-58(33)122-60-38-40(47(136-20-71(87,88)89)53(142-26-77(105,106)107)51(140-24-75(99,100)101)45(38)134-18-69(81,82)83)62(124-60)126-64-42-43(50(139-23-74(96,97)98)56(145-29-80(114,115)116)55(144-28-79(111,112)113)49(42)138-22-73(93,94)95)65(128-64)127-63-41-39(61(123-59)125-63)46(135-19-70(84,85)86)52(141-25-76(102,103)104)54(143-27-78(108,109)110)48(41)137-21-72(90,91)92;/h13-14,17,30-31,35,44H,7-8,10,12,15-16,18-29H2,1-6H3,(H7,117,118,119,120,121,122,123,124,125,126,127,128,129,131,132,133);/q;+2/p-2/t31-,35-,44-;/m0./s1. The maximum absolute atomic E-state index is 14.9. The van der Waals surface area contributed by atoms with Gasteiger partial charge in [-0.15, -0.1) is 0 Å². The summed E-state index contributed by atoms with van der Waals surface area (Å²) in [5, 5.41) is -1.14. The Hall–Kier alpha value is -13.1. The minimum atomic E-state index is -6.15. The third-order valence-electron chi connectivity index (χ3n) is 18.0. The average molecular weight is 2230 g/mol. The smallest absolute Gasteiger partial charge is 0.479 e. The van der Waals surface area contributed by atoms with E-state index in [0.717, 1.165) is 6.07 Å². The third-order valence-corrected chi connectivity index (χ3v) is 18.0. The van der Waals surface area contributed by atoms with Crippen LogP contribution in [0.5, 0.6) is 69.0 Å². The van der Waals surface area contributed by atoms with Crippen molar-refractivity contribution in [3.05, 3.63) is 23.8 Å². The van der Waals surface area contributed by atoms with Crippen LogP contribution in [0.3, 0.4) is 0 Å². The molecule has 0 fully saturated rings. The zero-order chi connectivity index (χ0) is 110. The van der Waals surface area contributed by atoms with Crippen LogP contribution in [-0.4, -0.2) is 237 Å². The van der Waals surface area contributed by atoms with Gasteiger partial charge in [-0.1, -0.05) is 31.8 Å². The molecule has 2 aliphatic rings. The van der Waals surface area contributed by atoms with Gasteiger partial charge in [0.15, 0.2) is 114 Å². The number of unbranched alkanes of at least 4 members (excludes halogenated alkanes) is 2. The summed E-state index contributed by atoms with van der Waals surface area (Å²) in [6, 6.07) is -2.14. The molecule has 0 radical (unpaired) electrons. The molecule has 2 aliphatic heterocycles. The summed E-state index contributed by atoms with van der Waals surface area (Å²) in [4.78, 5) is 96.2. The van der Waals surface area contributed by atoms with E-state index < -0.39 is 403 Å². The van der Waals surface area contributed by atoms with E-state index >= 15 is 0 Å². The monoisotopic (exact) mass is 2230 g/mol. The number of hydrogen-bond acceptors (Lipinski definition) is 24. The normalized spacial score (nSPS) is 13.6. The Balaban J connectivity index is 0.0000264. The molecule has 0 spiro atoms. The first kappa shape index (κ1) is 119. The van der Waals surface area contributed by atoms with E-state index in [1.807, 2.05) is 0 Å². The van der Waals surface area contributed by atoms with Gasteiger partial charge in [-0.25, -0.2) is 9.97 Å². The van der Waals surface area contributed by atoms with Gasteiger partial charge in [0.05, 0.1) is 34.4 Å². The fourth-order valence-corrected chi connectivity index (χ4v) is 12.7. The number of halogens is 36. The quantitative estimate of drug-likeness (QED) is 0.00918. The molecule has 0 saturated carbocycles. The number of alkyl halides is 36. The van der Waals surface area contributed by atoms with Crippen LogP contribution in [0.2, 0.25) is 0 Å². The van der Waals surface area contributed by atoms with Crippen LogP contribution in [0.4, 0.5) is 158 Å². The number of fused-ring (bicyclic) bond motifs is 20. The summed E-state index contributed by atoms with van der Waals surface area (Å²) < 4.78 is 593. The summed E-state index contributed by atoms with van der Waals surface area (Å²) >= 11 is 0. The molecule has 808 valence electrons. The number of hydrogen-bond donors (Lipinski definition) is 4. The second kappa shape index (κ2) is 45.3. The fourth-order valence-electron chi connectivity index (χ4n) is 12.7. The Kier molecular flexibility index (Phi) is 36.7. The number of nitrogens with one attached hydrogen (secondary N) is 3. The van der Waals surface area contributed by atoms with Crippen LogP contribution >= 0.6 is 0 Å². The van der Waals surface area contributed by atoms with Gasteiger partial charge in [-0.2, -0.15) is 158 Å². The van der Waals surface area contributed by atoms with Gasteiger partial charge >= 0.3 is 99.6 Å². The molecular formula is C80H66F36N12O18Zn. The number of carbonyl (C=O) groups is 5.